The fourth-order valence-electron chi connectivity index (χ4n) is 2.13. The Kier molecular flexibility index (Phi) is 6.39. The van der Waals surface area contributed by atoms with Crippen molar-refractivity contribution in [2.45, 2.75) is 12.5 Å². The molecule has 1 fully saturated rings. The molecule has 8 heteroatoms. The summed E-state index contributed by atoms with van der Waals surface area (Å²) in [6, 6.07) is 3.65. The number of rotatable bonds is 4. The number of halogens is 3. The first-order chi connectivity index (χ1) is 9.52. The van der Waals surface area contributed by atoms with E-state index in [0.29, 0.717) is 18.7 Å². The van der Waals surface area contributed by atoms with Crippen molar-refractivity contribution in [1.82, 2.24) is 10.6 Å². The number of carbonyl (C=O) groups excluding carboxylic acids is 2. The molecule has 1 atom stereocenters. The minimum absolute atomic E-state index is 0. The van der Waals surface area contributed by atoms with E-state index in [0.717, 1.165) is 0 Å². The van der Waals surface area contributed by atoms with Crippen LogP contribution in [-0.4, -0.2) is 38.0 Å². The first kappa shape index (κ1) is 17.7. The summed E-state index contributed by atoms with van der Waals surface area (Å²) in [5, 5.41) is 5.37. The molecule has 0 radical (unpaired) electrons. The topological polar surface area (TPSA) is 61.4 Å². The van der Waals surface area contributed by atoms with E-state index in [-0.39, 0.29) is 35.8 Å². The van der Waals surface area contributed by atoms with Gasteiger partial charge in [0.2, 0.25) is 11.8 Å². The maximum Gasteiger partial charge on any atom is 0.249 e. The highest BCUT2D eigenvalue weighted by atomic mass is 35.5. The van der Waals surface area contributed by atoms with Gasteiger partial charge < -0.3 is 15.5 Å². The van der Waals surface area contributed by atoms with Crippen LogP contribution in [0.2, 0.25) is 5.02 Å². The molecule has 5 nitrogen and oxygen atoms in total. The lowest BCUT2D eigenvalue weighted by molar-refractivity contribution is -0.125. The summed E-state index contributed by atoms with van der Waals surface area (Å²) in [6.07, 6.45) is 0.499. The Morgan fingerprint density at radius 2 is 2.24 bits per heavy atom. The number of nitrogens with one attached hydrogen (secondary N) is 2. The second-order valence-corrected chi connectivity index (χ2v) is 4.93. The van der Waals surface area contributed by atoms with Crippen LogP contribution in [0.1, 0.15) is 6.42 Å². The molecule has 116 valence electrons. The number of anilines is 1. The second-order valence-electron chi connectivity index (χ2n) is 4.53. The molecule has 2 rings (SSSR count). The predicted octanol–water partition coefficient (Wildman–Crippen LogP) is 1.34. The van der Waals surface area contributed by atoms with Gasteiger partial charge in [0.15, 0.2) is 0 Å². The number of amides is 2. The molecular formula is C13H16Cl2FN3O2. The number of likely N-dealkylation sites (N-methyl/N-ethyl adjacent to an activating group) is 1. The van der Waals surface area contributed by atoms with E-state index in [9.17, 15) is 14.0 Å². The largest absolute Gasteiger partial charge is 0.343 e. The van der Waals surface area contributed by atoms with Crippen LogP contribution in [0, 0.1) is 5.82 Å². The van der Waals surface area contributed by atoms with Crippen molar-refractivity contribution >= 4 is 41.5 Å². The molecule has 1 aromatic rings. The van der Waals surface area contributed by atoms with Crippen molar-refractivity contribution in [2.75, 3.05) is 25.0 Å². The van der Waals surface area contributed by atoms with Gasteiger partial charge in [-0.1, -0.05) is 11.6 Å². The van der Waals surface area contributed by atoms with Gasteiger partial charge >= 0.3 is 0 Å². The van der Waals surface area contributed by atoms with Crippen molar-refractivity contribution in [2.24, 2.45) is 0 Å². The lowest BCUT2D eigenvalue weighted by Crippen LogP contribution is -2.44. The average molecular weight is 336 g/mol. The van der Waals surface area contributed by atoms with Gasteiger partial charge in [0.1, 0.15) is 11.9 Å². The highest BCUT2D eigenvalue weighted by molar-refractivity contribution is 6.30. The zero-order valence-corrected chi connectivity index (χ0v) is 12.9. The highest BCUT2D eigenvalue weighted by Crippen LogP contribution is 2.25. The van der Waals surface area contributed by atoms with Crippen LogP contribution in [0.15, 0.2) is 18.2 Å². The molecule has 1 saturated heterocycles. The molecule has 0 saturated carbocycles. The quantitative estimate of drug-likeness (QED) is 0.872. The summed E-state index contributed by atoms with van der Waals surface area (Å²) in [6.45, 7) is 0.587. The molecule has 1 aliphatic heterocycles. The number of nitrogens with zero attached hydrogens (tertiary/aromatic N) is 1. The zero-order valence-electron chi connectivity index (χ0n) is 11.4. The van der Waals surface area contributed by atoms with Crippen molar-refractivity contribution in [3.63, 3.8) is 0 Å². The molecule has 1 aromatic carbocycles. The third-order valence-corrected chi connectivity index (χ3v) is 3.40. The fourth-order valence-corrected chi connectivity index (χ4v) is 2.25. The summed E-state index contributed by atoms with van der Waals surface area (Å²) in [5.74, 6) is -1.05. The molecule has 1 heterocycles. The third-order valence-electron chi connectivity index (χ3n) is 3.09. The number of benzene rings is 1. The molecule has 0 aliphatic carbocycles. The maximum absolute atomic E-state index is 13.4. The monoisotopic (exact) mass is 335 g/mol. The Morgan fingerprint density at radius 1 is 1.52 bits per heavy atom. The summed E-state index contributed by atoms with van der Waals surface area (Å²) >= 11 is 5.61. The Balaban J connectivity index is 0.00000220. The van der Waals surface area contributed by atoms with Crippen LogP contribution < -0.4 is 15.5 Å². The van der Waals surface area contributed by atoms with Gasteiger partial charge in [-0.25, -0.2) is 4.39 Å². The van der Waals surface area contributed by atoms with Gasteiger partial charge in [0.25, 0.3) is 0 Å². The minimum Gasteiger partial charge on any atom is -0.343 e. The van der Waals surface area contributed by atoms with Crippen LogP contribution in [-0.2, 0) is 9.59 Å². The summed E-state index contributed by atoms with van der Waals surface area (Å²) in [7, 11) is 1.65. The van der Waals surface area contributed by atoms with E-state index in [1.807, 2.05) is 0 Å². The molecule has 0 bridgehead atoms. The SMILES string of the molecule is CNCC(=O)NC1CCN(c2ccc(Cl)c(F)c2)C1=O.Cl. The molecule has 0 aromatic heterocycles. The first-order valence-corrected chi connectivity index (χ1v) is 6.61. The van der Waals surface area contributed by atoms with Crippen LogP contribution in [0.3, 0.4) is 0 Å². The van der Waals surface area contributed by atoms with Crippen molar-refractivity contribution in [1.29, 1.82) is 0 Å². The van der Waals surface area contributed by atoms with Crippen LogP contribution in [0.5, 0.6) is 0 Å². The molecule has 1 aliphatic rings. The van der Waals surface area contributed by atoms with Crippen molar-refractivity contribution in [3.8, 4) is 0 Å². The van der Waals surface area contributed by atoms with Gasteiger partial charge in [-0.15, -0.1) is 12.4 Å². The molecule has 2 amide bonds. The van der Waals surface area contributed by atoms with Gasteiger partial charge in [0, 0.05) is 12.2 Å². The fraction of sp³-hybridized carbons (Fsp3) is 0.385. The Hall–Kier alpha value is -1.37. The summed E-state index contributed by atoms with van der Waals surface area (Å²) in [4.78, 5) is 25.1. The van der Waals surface area contributed by atoms with Gasteiger partial charge in [-0.05, 0) is 31.7 Å². The van der Waals surface area contributed by atoms with E-state index >= 15 is 0 Å². The van der Waals surface area contributed by atoms with E-state index in [1.165, 1.54) is 17.0 Å². The maximum atomic E-state index is 13.4. The van der Waals surface area contributed by atoms with Crippen molar-refractivity contribution < 1.29 is 14.0 Å². The van der Waals surface area contributed by atoms with Crippen LogP contribution in [0.4, 0.5) is 10.1 Å². The Labute approximate surface area is 133 Å². The minimum atomic E-state index is -0.570. The lowest BCUT2D eigenvalue weighted by Gasteiger charge is -2.17. The van der Waals surface area contributed by atoms with E-state index < -0.39 is 11.9 Å². The third kappa shape index (κ3) is 4.06. The number of hydrogen-bond acceptors (Lipinski definition) is 3. The molecule has 21 heavy (non-hydrogen) atoms. The lowest BCUT2D eigenvalue weighted by atomic mass is 10.2. The average Bonchev–Trinajstić information content (AvgIpc) is 2.75. The summed E-state index contributed by atoms with van der Waals surface area (Å²) < 4.78 is 13.4. The second kappa shape index (κ2) is 7.59. The standard InChI is InChI=1S/C13H15ClFN3O2.ClH/c1-16-7-12(19)17-11-4-5-18(13(11)20)8-2-3-9(14)10(15)6-8;/h2-3,6,11,16H,4-5,7H2,1H3,(H,17,19);1H. The van der Waals surface area contributed by atoms with E-state index in [1.54, 1.807) is 13.1 Å². The zero-order chi connectivity index (χ0) is 14.7. The van der Waals surface area contributed by atoms with E-state index in [4.69, 9.17) is 11.6 Å². The van der Waals surface area contributed by atoms with Gasteiger partial charge in [-0.3, -0.25) is 9.59 Å². The van der Waals surface area contributed by atoms with E-state index in [2.05, 4.69) is 10.6 Å². The highest BCUT2D eigenvalue weighted by Gasteiger charge is 2.33. The molecule has 1 unspecified atom stereocenters. The van der Waals surface area contributed by atoms with Gasteiger partial charge in [0.05, 0.1) is 11.6 Å². The van der Waals surface area contributed by atoms with Crippen LogP contribution in [0.25, 0.3) is 0 Å². The Bertz CT molecular complexity index is 542. The number of carbonyl (C=O) groups is 2. The molecule has 2 N–H and O–H groups in total. The molecule has 0 spiro atoms. The summed E-state index contributed by atoms with van der Waals surface area (Å²) in [5.41, 5.74) is 0.447. The molecular weight excluding hydrogens is 320 g/mol. The van der Waals surface area contributed by atoms with Crippen LogP contribution >= 0.6 is 24.0 Å². The predicted molar refractivity (Wildman–Crippen MR) is 81.5 cm³/mol. The first-order valence-electron chi connectivity index (χ1n) is 6.23. The smallest absolute Gasteiger partial charge is 0.249 e. The number of hydrogen-bond donors (Lipinski definition) is 2. The van der Waals surface area contributed by atoms with Gasteiger partial charge in [-0.2, -0.15) is 0 Å². The normalized spacial score (nSPS) is 17.6. The van der Waals surface area contributed by atoms with Crippen molar-refractivity contribution in [3.05, 3.63) is 29.0 Å². The Morgan fingerprint density at radius 3 is 2.86 bits per heavy atom.